The van der Waals surface area contributed by atoms with E-state index in [9.17, 15) is 13.6 Å². The maximum absolute atomic E-state index is 13.1. The zero-order chi connectivity index (χ0) is 16.1. The Morgan fingerprint density at radius 3 is 2.23 bits per heavy atom. The Morgan fingerprint density at radius 1 is 1.05 bits per heavy atom. The Hall–Kier alpha value is -2.63. The second kappa shape index (κ2) is 6.89. The van der Waals surface area contributed by atoms with Crippen molar-refractivity contribution in [3.8, 4) is 11.5 Å². The van der Waals surface area contributed by atoms with Crippen molar-refractivity contribution in [1.82, 2.24) is 5.32 Å². The van der Waals surface area contributed by atoms with Gasteiger partial charge in [0.25, 0.3) is 5.91 Å². The topological polar surface area (TPSA) is 47.6 Å². The first kappa shape index (κ1) is 15.8. The van der Waals surface area contributed by atoms with Gasteiger partial charge in [0.05, 0.1) is 14.2 Å². The molecule has 6 heteroatoms. The number of ether oxygens (including phenoxy) is 2. The molecule has 0 fully saturated rings. The Kier molecular flexibility index (Phi) is 4.93. The van der Waals surface area contributed by atoms with Crippen LogP contribution in [0.5, 0.6) is 11.5 Å². The minimum absolute atomic E-state index is 0.0528. The first-order chi connectivity index (χ1) is 10.6. The molecule has 1 N–H and O–H groups in total. The van der Waals surface area contributed by atoms with Crippen LogP contribution in [0.15, 0.2) is 36.4 Å². The van der Waals surface area contributed by atoms with E-state index in [-0.39, 0.29) is 12.1 Å². The molecule has 0 saturated heterocycles. The van der Waals surface area contributed by atoms with Crippen LogP contribution in [0.1, 0.15) is 15.9 Å². The molecule has 0 aliphatic heterocycles. The number of carbonyl (C=O) groups is 1. The fourth-order valence-electron chi connectivity index (χ4n) is 2.00. The van der Waals surface area contributed by atoms with Crippen LogP contribution in [-0.2, 0) is 6.54 Å². The molecule has 0 saturated carbocycles. The van der Waals surface area contributed by atoms with Crippen molar-refractivity contribution in [2.24, 2.45) is 0 Å². The number of hydrogen-bond donors (Lipinski definition) is 1. The number of nitrogens with one attached hydrogen (secondary N) is 1. The van der Waals surface area contributed by atoms with E-state index in [1.807, 2.05) is 0 Å². The lowest BCUT2D eigenvalue weighted by molar-refractivity contribution is 0.0944. The van der Waals surface area contributed by atoms with Crippen LogP contribution in [0.25, 0.3) is 0 Å². The number of halogens is 2. The van der Waals surface area contributed by atoms with Crippen molar-refractivity contribution in [2.45, 2.75) is 6.54 Å². The molecule has 0 aromatic heterocycles. The van der Waals surface area contributed by atoms with Crippen LogP contribution < -0.4 is 14.8 Å². The first-order valence-corrected chi connectivity index (χ1v) is 6.50. The zero-order valence-corrected chi connectivity index (χ0v) is 12.2. The molecule has 2 rings (SSSR count). The minimum Gasteiger partial charge on any atom is -0.496 e. The van der Waals surface area contributed by atoms with E-state index in [1.54, 1.807) is 18.2 Å². The fourth-order valence-corrected chi connectivity index (χ4v) is 2.00. The second-order valence-electron chi connectivity index (χ2n) is 4.47. The lowest BCUT2D eigenvalue weighted by atomic mass is 10.1. The van der Waals surface area contributed by atoms with E-state index in [4.69, 9.17) is 9.47 Å². The average Bonchev–Trinajstić information content (AvgIpc) is 2.54. The maximum Gasteiger partial charge on any atom is 0.259 e. The van der Waals surface area contributed by atoms with Crippen molar-refractivity contribution in [2.75, 3.05) is 14.2 Å². The molecule has 0 atom stereocenters. The smallest absolute Gasteiger partial charge is 0.259 e. The summed E-state index contributed by atoms with van der Waals surface area (Å²) in [6.07, 6.45) is 0. The van der Waals surface area contributed by atoms with E-state index in [0.717, 1.165) is 12.1 Å². The second-order valence-corrected chi connectivity index (χ2v) is 4.47. The van der Waals surface area contributed by atoms with Crippen LogP contribution in [0.2, 0.25) is 0 Å². The summed E-state index contributed by atoms with van der Waals surface area (Å²) in [4.78, 5) is 12.3. The number of carbonyl (C=O) groups excluding carboxylic acids is 1. The van der Waals surface area contributed by atoms with Gasteiger partial charge in [-0.1, -0.05) is 12.1 Å². The van der Waals surface area contributed by atoms with E-state index in [0.29, 0.717) is 17.1 Å². The number of hydrogen-bond acceptors (Lipinski definition) is 3. The van der Waals surface area contributed by atoms with Crippen LogP contribution in [-0.4, -0.2) is 20.1 Å². The summed E-state index contributed by atoms with van der Waals surface area (Å²) in [7, 11) is 2.89. The highest BCUT2D eigenvalue weighted by atomic mass is 19.2. The van der Waals surface area contributed by atoms with Gasteiger partial charge in [0, 0.05) is 6.54 Å². The van der Waals surface area contributed by atoms with Crippen molar-refractivity contribution in [3.63, 3.8) is 0 Å². The summed E-state index contributed by atoms with van der Waals surface area (Å²) < 4.78 is 36.3. The van der Waals surface area contributed by atoms with Crippen molar-refractivity contribution in [1.29, 1.82) is 0 Å². The van der Waals surface area contributed by atoms with Gasteiger partial charge < -0.3 is 14.8 Å². The van der Waals surface area contributed by atoms with Gasteiger partial charge in [0.15, 0.2) is 11.6 Å². The molecular weight excluding hydrogens is 292 g/mol. The monoisotopic (exact) mass is 307 g/mol. The zero-order valence-electron chi connectivity index (χ0n) is 12.2. The lowest BCUT2D eigenvalue weighted by Gasteiger charge is -2.13. The molecule has 0 heterocycles. The third-order valence-corrected chi connectivity index (χ3v) is 3.09. The van der Waals surface area contributed by atoms with Crippen molar-refractivity contribution < 1.29 is 23.0 Å². The number of amides is 1. The summed E-state index contributed by atoms with van der Waals surface area (Å²) in [5.74, 6) is -1.59. The van der Waals surface area contributed by atoms with Gasteiger partial charge in [-0.3, -0.25) is 4.79 Å². The Labute approximate surface area is 126 Å². The van der Waals surface area contributed by atoms with Crippen LogP contribution >= 0.6 is 0 Å². The molecule has 0 radical (unpaired) electrons. The third-order valence-electron chi connectivity index (χ3n) is 3.09. The maximum atomic E-state index is 13.1. The largest absolute Gasteiger partial charge is 0.496 e. The molecule has 0 aliphatic rings. The predicted molar refractivity (Wildman–Crippen MR) is 77.1 cm³/mol. The normalized spacial score (nSPS) is 10.2. The molecule has 0 unspecified atom stereocenters. The average molecular weight is 307 g/mol. The Bertz CT molecular complexity index is 667. The Morgan fingerprint density at radius 2 is 1.68 bits per heavy atom. The van der Waals surface area contributed by atoms with E-state index in [2.05, 4.69) is 5.32 Å². The molecule has 116 valence electrons. The van der Waals surface area contributed by atoms with Crippen molar-refractivity contribution >= 4 is 5.91 Å². The van der Waals surface area contributed by atoms with Gasteiger partial charge in [-0.15, -0.1) is 0 Å². The van der Waals surface area contributed by atoms with Gasteiger partial charge in [0.1, 0.15) is 17.1 Å². The number of benzene rings is 2. The predicted octanol–water partition coefficient (Wildman–Crippen LogP) is 2.91. The number of methoxy groups -OCH3 is 2. The fraction of sp³-hybridized carbons (Fsp3) is 0.188. The van der Waals surface area contributed by atoms with E-state index < -0.39 is 17.5 Å². The molecule has 0 aliphatic carbocycles. The van der Waals surface area contributed by atoms with Gasteiger partial charge in [0.2, 0.25) is 0 Å². The van der Waals surface area contributed by atoms with Crippen LogP contribution in [0.3, 0.4) is 0 Å². The highest BCUT2D eigenvalue weighted by Crippen LogP contribution is 2.28. The van der Waals surface area contributed by atoms with E-state index >= 15 is 0 Å². The molecule has 1 amide bonds. The molecule has 2 aromatic carbocycles. The first-order valence-electron chi connectivity index (χ1n) is 6.50. The van der Waals surface area contributed by atoms with Crippen LogP contribution in [0, 0.1) is 11.6 Å². The minimum atomic E-state index is -0.957. The summed E-state index contributed by atoms with van der Waals surface area (Å²) >= 11 is 0. The highest BCUT2D eigenvalue weighted by Gasteiger charge is 2.17. The molecular formula is C16H15F2NO3. The molecule has 22 heavy (non-hydrogen) atoms. The summed E-state index contributed by atoms with van der Waals surface area (Å²) in [6.45, 7) is 0.0528. The standard InChI is InChI=1S/C16H15F2NO3/c1-21-13-4-3-5-14(22-2)15(13)16(20)19-9-10-6-7-11(17)12(18)8-10/h3-8H,9H2,1-2H3,(H,19,20). The van der Waals surface area contributed by atoms with Crippen molar-refractivity contribution in [3.05, 3.63) is 59.2 Å². The molecule has 4 nitrogen and oxygen atoms in total. The highest BCUT2D eigenvalue weighted by molar-refractivity contribution is 5.99. The third kappa shape index (κ3) is 3.33. The van der Waals surface area contributed by atoms with Crippen LogP contribution in [0.4, 0.5) is 8.78 Å². The van der Waals surface area contributed by atoms with E-state index in [1.165, 1.54) is 20.3 Å². The summed E-state index contributed by atoms with van der Waals surface area (Å²) in [6, 6.07) is 8.42. The van der Waals surface area contributed by atoms with Gasteiger partial charge in [-0.2, -0.15) is 0 Å². The number of rotatable bonds is 5. The molecule has 0 bridgehead atoms. The van der Waals surface area contributed by atoms with Gasteiger partial charge >= 0.3 is 0 Å². The molecule has 2 aromatic rings. The van der Waals surface area contributed by atoms with Gasteiger partial charge in [-0.25, -0.2) is 8.78 Å². The SMILES string of the molecule is COc1cccc(OC)c1C(=O)NCc1ccc(F)c(F)c1. The van der Waals surface area contributed by atoms with Gasteiger partial charge in [-0.05, 0) is 29.8 Å². The summed E-state index contributed by atoms with van der Waals surface area (Å²) in [5.41, 5.74) is 0.691. The quantitative estimate of drug-likeness (QED) is 0.924. The summed E-state index contributed by atoms with van der Waals surface area (Å²) in [5, 5.41) is 2.62. The lowest BCUT2D eigenvalue weighted by Crippen LogP contribution is -2.24. The molecule has 0 spiro atoms. The Balaban J connectivity index is 2.17.